The number of para-hydroxylation sites is 1. The van der Waals surface area contributed by atoms with E-state index in [4.69, 9.17) is 4.74 Å². The first-order chi connectivity index (χ1) is 12.2. The van der Waals surface area contributed by atoms with Crippen LogP contribution < -0.4 is 5.32 Å². The molecule has 0 unspecified atom stereocenters. The van der Waals surface area contributed by atoms with E-state index in [2.05, 4.69) is 10.3 Å². The number of amides is 1. The molecule has 0 bridgehead atoms. The number of nitrogens with zero attached hydrogens (tertiary/aromatic N) is 1. The van der Waals surface area contributed by atoms with Crippen molar-refractivity contribution in [2.45, 2.75) is 0 Å². The quantitative estimate of drug-likeness (QED) is 0.539. The molecule has 2 heterocycles. The van der Waals surface area contributed by atoms with Gasteiger partial charge >= 0.3 is 5.97 Å². The van der Waals surface area contributed by atoms with Gasteiger partial charge in [-0.2, -0.15) is 0 Å². The van der Waals surface area contributed by atoms with Crippen molar-refractivity contribution in [1.82, 2.24) is 4.98 Å². The Morgan fingerprint density at radius 2 is 1.72 bits per heavy atom. The molecule has 1 amide bonds. The van der Waals surface area contributed by atoms with Crippen molar-refractivity contribution >= 4 is 59.9 Å². The predicted octanol–water partition coefficient (Wildman–Crippen LogP) is 4.55. The third kappa shape index (κ3) is 2.77. The Morgan fingerprint density at radius 3 is 2.48 bits per heavy atom. The zero-order valence-corrected chi connectivity index (χ0v) is 14.7. The second-order valence-electron chi connectivity index (χ2n) is 5.23. The topological polar surface area (TPSA) is 68.3 Å². The summed E-state index contributed by atoms with van der Waals surface area (Å²) in [4.78, 5) is 29.2. The van der Waals surface area contributed by atoms with Gasteiger partial charge in [-0.3, -0.25) is 4.79 Å². The van der Waals surface area contributed by atoms with Crippen LogP contribution in [0.5, 0.6) is 0 Å². The number of nitrogens with one attached hydrogen (secondary N) is 1. The number of thiophene rings is 1. The highest BCUT2D eigenvalue weighted by molar-refractivity contribution is 7.24. The van der Waals surface area contributed by atoms with Gasteiger partial charge in [0.05, 0.1) is 17.3 Å². The van der Waals surface area contributed by atoms with E-state index in [1.807, 2.05) is 48.5 Å². The predicted molar refractivity (Wildman–Crippen MR) is 101 cm³/mol. The van der Waals surface area contributed by atoms with Gasteiger partial charge < -0.3 is 10.1 Å². The minimum atomic E-state index is -0.475. The van der Waals surface area contributed by atoms with Crippen molar-refractivity contribution in [3.05, 3.63) is 59.1 Å². The van der Waals surface area contributed by atoms with Gasteiger partial charge in [-0.15, -0.1) is 22.7 Å². The van der Waals surface area contributed by atoms with Crippen molar-refractivity contribution in [3.63, 3.8) is 0 Å². The van der Waals surface area contributed by atoms with Crippen molar-refractivity contribution < 1.29 is 14.3 Å². The molecule has 4 aromatic rings. The number of hydrogen-bond donors (Lipinski definition) is 1. The smallest absolute Gasteiger partial charge is 0.341 e. The molecule has 2 aromatic carbocycles. The number of anilines is 1. The second kappa shape index (κ2) is 6.27. The number of benzene rings is 2. The van der Waals surface area contributed by atoms with Crippen LogP contribution in [0.1, 0.15) is 20.2 Å². The van der Waals surface area contributed by atoms with Gasteiger partial charge in [0.25, 0.3) is 5.91 Å². The summed E-state index contributed by atoms with van der Waals surface area (Å²) in [6.07, 6.45) is 0. The Kier molecular flexibility index (Phi) is 3.95. The molecule has 4 rings (SSSR count). The minimum absolute atomic E-state index is 0.335. The van der Waals surface area contributed by atoms with Crippen LogP contribution in [-0.4, -0.2) is 24.0 Å². The van der Waals surface area contributed by atoms with Crippen LogP contribution in [0.25, 0.3) is 20.3 Å². The molecule has 0 atom stereocenters. The SMILES string of the molecule is COC(=O)c1c(NC(=O)c2nc3ccccc3s2)sc2ccccc12. The van der Waals surface area contributed by atoms with Gasteiger partial charge in [-0.25, -0.2) is 9.78 Å². The molecule has 2 aromatic heterocycles. The fraction of sp³-hybridized carbons (Fsp3) is 0.0556. The molecule has 0 aliphatic rings. The van der Waals surface area contributed by atoms with Crippen molar-refractivity contribution in [2.75, 3.05) is 12.4 Å². The number of carbonyl (C=O) groups excluding carboxylic acids is 2. The van der Waals surface area contributed by atoms with Crippen molar-refractivity contribution in [1.29, 1.82) is 0 Å². The molecule has 5 nitrogen and oxygen atoms in total. The first-order valence-electron chi connectivity index (χ1n) is 7.44. The number of fused-ring (bicyclic) bond motifs is 2. The summed E-state index contributed by atoms with van der Waals surface area (Å²) in [5.41, 5.74) is 1.15. The highest BCUT2D eigenvalue weighted by atomic mass is 32.1. The van der Waals surface area contributed by atoms with E-state index in [0.717, 1.165) is 20.3 Å². The number of carbonyl (C=O) groups is 2. The lowest BCUT2D eigenvalue weighted by atomic mass is 10.1. The Hall–Kier alpha value is -2.77. The zero-order valence-electron chi connectivity index (χ0n) is 13.1. The minimum Gasteiger partial charge on any atom is -0.465 e. The molecule has 0 fully saturated rings. The fourth-order valence-corrected chi connectivity index (χ4v) is 4.51. The number of methoxy groups -OCH3 is 1. The van der Waals surface area contributed by atoms with E-state index >= 15 is 0 Å². The maximum atomic E-state index is 12.6. The highest BCUT2D eigenvalue weighted by Crippen LogP contribution is 2.36. The summed E-state index contributed by atoms with van der Waals surface area (Å²) >= 11 is 2.66. The van der Waals surface area contributed by atoms with Gasteiger partial charge in [0.15, 0.2) is 5.01 Å². The van der Waals surface area contributed by atoms with Crippen LogP contribution in [0.4, 0.5) is 5.00 Å². The van der Waals surface area contributed by atoms with Gasteiger partial charge in [0.1, 0.15) is 10.6 Å². The first kappa shape index (κ1) is 15.7. The molecule has 7 heteroatoms. The number of esters is 1. The van der Waals surface area contributed by atoms with E-state index in [1.165, 1.54) is 29.8 Å². The lowest BCUT2D eigenvalue weighted by molar-refractivity contribution is 0.0604. The van der Waals surface area contributed by atoms with Crippen LogP contribution in [0.2, 0.25) is 0 Å². The molecule has 0 saturated heterocycles. The number of rotatable bonds is 3. The average Bonchev–Trinajstić information content (AvgIpc) is 3.22. The van der Waals surface area contributed by atoms with Gasteiger partial charge in [-0.1, -0.05) is 30.3 Å². The van der Waals surface area contributed by atoms with Crippen molar-refractivity contribution in [2.24, 2.45) is 0 Å². The van der Waals surface area contributed by atoms with Crippen LogP contribution >= 0.6 is 22.7 Å². The maximum Gasteiger partial charge on any atom is 0.341 e. The summed E-state index contributed by atoms with van der Waals surface area (Å²) in [5, 5.41) is 4.41. The first-order valence-corrected chi connectivity index (χ1v) is 9.07. The van der Waals surface area contributed by atoms with Crippen LogP contribution in [-0.2, 0) is 4.74 Å². The summed E-state index contributed by atoms with van der Waals surface area (Å²) in [7, 11) is 1.33. The van der Waals surface area contributed by atoms with Crippen molar-refractivity contribution in [3.8, 4) is 0 Å². The summed E-state index contributed by atoms with van der Waals surface area (Å²) in [6.45, 7) is 0. The largest absolute Gasteiger partial charge is 0.465 e. The molecule has 0 saturated carbocycles. The molecule has 25 heavy (non-hydrogen) atoms. The Labute approximate surface area is 150 Å². The monoisotopic (exact) mass is 368 g/mol. The Morgan fingerprint density at radius 1 is 1.00 bits per heavy atom. The number of ether oxygens (including phenoxy) is 1. The van der Waals surface area contributed by atoms with E-state index in [1.54, 1.807) is 0 Å². The third-order valence-electron chi connectivity index (χ3n) is 3.70. The Bertz CT molecular complexity index is 1080. The highest BCUT2D eigenvalue weighted by Gasteiger charge is 2.22. The lowest BCUT2D eigenvalue weighted by Crippen LogP contribution is -2.13. The lowest BCUT2D eigenvalue weighted by Gasteiger charge is -2.03. The zero-order chi connectivity index (χ0) is 17.4. The molecular formula is C18H12N2O3S2. The average molecular weight is 368 g/mol. The number of hydrogen-bond acceptors (Lipinski definition) is 6. The standard InChI is InChI=1S/C18H12N2O3S2/c1-23-18(22)14-10-6-2-4-8-12(10)24-16(14)20-15(21)17-19-11-7-3-5-9-13(11)25-17/h2-9H,1H3,(H,20,21). The van der Waals surface area contributed by atoms with Gasteiger partial charge in [0.2, 0.25) is 0 Å². The number of aromatic nitrogens is 1. The Balaban J connectivity index is 1.74. The normalized spacial score (nSPS) is 10.9. The third-order valence-corrected chi connectivity index (χ3v) is 5.82. The molecule has 0 aliphatic carbocycles. The van der Waals surface area contributed by atoms with Crippen LogP contribution in [0.15, 0.2) is 48.5 Å². The molecule has 0 radical (unpaired) electrons. The van der Waals surface area contributed by atoms with Gasteiger partial charge in [-0.05, 0) is 18.2 Å². The molecule has 0 spiro atoms. The second-order valence-corrected chi connectivity index (χ2v) is 7.32. The van der Waals surface area contributed by atoms with E-state index in [9.17, 15) is 9.59 Å². The summed E-state index contributed by atoms with van der Waals surface area (Å²) in [6, 6.07) is 15.0. The number of thiazole rings is 1. The molecule has 0 aliphatic heterocycles. The fourth-order valence-electron chi connectivity index (χ4n) is 2.56. The molecular weight excluding hydrogens is 356 g/mol. The summed E-state index contributed by atoms with van der Waals surface area (Å²) in [5.74, 6) is -0.810. The molecule has 1 N–H and O–H groups in total. The van der Waals surface area contributed by atoms with Gasteiger partial charge in [0, 0.05) is 10.1 Å². The van der Waals surface area contributed by atoms with E-state index < -0.39 is 5.97 Å². The van der Waals surface area contributed by atoms with E-state index in [-0.39, 0.29) is 5.91 Å². The summed E-state index contributed by atoms with van der Waals surface area (Å²) < 4.78 is 6.73. The molecule has 124 valence electrons. The maximum absolute atomic E-state index is 12.6. The van der Waals surface area contributed by atoms with Crippen LogP contribution in [0, 0.1) is 0 Å². The van der Waals surface area contributed by atoms with Crippen LogP contribution in [0.3, 0.4) is 0 Å². The van der Waals surface area contributed by atoms with E-state index in [0.29, 0.717) is 15.6 Å².